The molecule has 0 spiro atoms. The van der Waals surface area contributed by atoms with Gasteiger partial charge in [-0.2, -0.15) is 0 Å². The van der Waals surface area contributed by atoms with Crippen molar-refractivity contribution in [3.05, 3.63) is 12.2 Å². The lowest BCUT2D eigenvalue weighted by atomic mass is 10.0. The molecule has 0 bridgehead atoms. The molecule has 8 nitrogen and oxygen atoms in total. The minimum absolute atomic E-state index is 0.217. The van der Waals surface area contributed by atoms with Gasteiger partial charge in [0, 0.05) is 12.8 Å². The molecule has 0 heterocycles. The molecule has 2 N–H and O–H groups in total. The van der Waals surface area contributed by atoms with Crippen LogP contribution in [0.3, 0.4) is 0 Å². The molecular weight excluding hydrogens is 820 g/mol. The van der Waals surface area contributed by atoms with Crippen LogP contribution in [-0.4, -0.2) is 41.0 Å². The normalized spacial score (nSPS) is 12.4. The molecule has 0 aliphatic carbocycles. The first-order valence-corrected chi connectivity index (χ1v) is 29.5. The highest BCUT2D eigenvalue weighted by molar-refractivity contribution is 7.46. The Labute approximate surface area is 397 Å². The lowest BCUT2D eigenvalue weighted by Crippen LogP contribution is -2.29. The summed E-state index contributed by atoms with van der Waals surface area (Å²) in [4.78, 5) is 43.2. The molecule has 0 aliphatic heterocycles. The largest absolute Gasteiger partial charge is 0.469 e. The van der Waals surface area contributed by atoms with Crippen LogP contribution in [0.1, 0.15) is 309 Å². The minimum Gasteiger partial charge on any atom is -0.462 e. The van der Waals surface area contributed by atoms with Crippen molar-refractivity contribution in [2.24, 2.45) is 0 Å². The van der Waals surface area contributed by atoms with Gasteiger partial charge in [0.25, 0.3) is 0 Å². The van der Waals surface area contributed by atoms with E-state index in [4.69, 9.17) is 19.3 Å². The topological polar surface area (TPSA) is 119 Å². The molecule has 64 heavy (non-hydrogen) atoms. The van der Waals surface area contributed by atoms with Crippen molar-refractivity contribution in [2.45, 2.75) is 315 Å². The predicted molar refractivity (Wildman–Crippen MR) is 272 cm³/mol. The van der Waals surface area contributed by atoms with Gasteiger partial charge in [-0.05, 0) is 38.5 Å². The van der Waals surface area contributed by atoms with E-state index in [1.807, 2.05) is 0 Å². The van der Waals surface area contributed by atoms with Gasteiger partial charge in [-0.1, -0.05) is 270 Å². The first-order valence-electron chi connectivity index (χ1n) is 28.0. The Morgan fingerprint density at radius 2 is 0.656 bits per heavy atom. The molecule has 0 amide bonds. The number of rotatable bonds is 53. The van der Waals surface area contributed by atoms with Crippen LogP contribution >= 0.6 is 7.82 Å². The molecule has 0 saturated heterocycles. The number of unbranched alkanes of at least 4 members (excludes halogenated alkanes) is 41. The first kappa shape index (κ1) is 62.8. The second-order valence-corrected chi connectivity index (χ2v) is 20.5. The van der Waals surface area contributed by atoms with E-state index < -0.39 is 32.5 Å². The van der Waals surface area contributed by atoms with E-state index in [0.717, 1.165) is 38.5 Å². The van der Waals surface area contributed by atoms with Gasteiger partial charge in [0.05, 0.1) is 6.61 Å². The molecule has 0 aromatic carbocycles. The van der Waals surface area contributed by atoms with Crippen molar-refractivity contribution in [3.8, 4) is 0 Å². The lowest BCUT2D eigenvalue weighted by Gasteiger charge is -2.18. The number of phosphoric ester groups is 1. The van der Waals surface area contributed by atoms with Crippen LogP contribution in [-0.2, 0) is 28.2 Å². The van der Waals surface area contributed by atoms with Gasteiger partial charge in [0.1, 0.15) is 6.61 Å². The summed E-state index contributed by atoms with van der Waals surface area (Å²) in [6, 6.07) is 0. The number of hydrogen-bond acceptors (Lipinski definition) is 6. The van der Waals surface area contributed by atoms with Gasteiger partial charge in [0.15, 0.2) is 6.10 Å². The fraction of sp³-hybridized carbons (Fsp3) is 0.927. The Morgan fingerprint density at radius 3 is 0.953 bits per heavy atom. The van der Waals surface area contributed by atoms with Gasteiger partial charge in [0.2, 0.25) is 0 Å². The second kappa shape index (κ2) is 51.2. The summed E-state index contributed by atoms with van der Waals surface area (Å²) in [5, 5.41) is 0. The van der Waals surface area contributed by atoms with Crippen LogP contribution in [0.4, 0.5) is 0 Å². The smallest absolute Gasteiger partial charge is 0.462 e. The Morgan fingerprint density at radius 1 is 0.391 bits per heavy atom. The zero-order valence-corrected chi connectivity index (χ0v) is 43.4. The van der Waals surface area contributed by atoms with Crippen LogP contribution in [0.25, 0.3) is 0 Å². The summed E-state index contributed by atoms with van der Waals surface area (Å²) in [6.45, 7) is 3.75. The van der Waals surface area contributed by atoms with Crippen molar-refractivity contribution in [1.82, 2.24) is 0 Å². The van der Waals surface area contributed by atoms with Gasteiger partial charge in [-0.15, -0.1) is 0 Å². The number of esters is 2. The number of carbonyl (C=O) groups is 2. The van der Waals surface area contributed by atoms with E-state index in [1.54, 1.807) is 0 Å². The summed E-state index contributed by atoms with van der Waals surface area (Å²) in [5.74, 6) is -0.864. The molecule has 0 radical (unpaired) electrons. The second-order valence-electron chi connectivity index (χ2n) is 19.3. The number of hydrogen-bond donors (Lipinski definition) is 2. The fourth-order valence-corrected chi connectivity index (χ4v) is 8.97. The van der Waals surface area contributed by atoms with Gasteiger partial charge in [-0.3, -0.25) is 14.1 Å². The summed E-state index contributed by atoms with van der Waals surface area (Å²) in [6.07, 6.45) is 61.0. The standard InChI is InChI=1S/C55H107O8P/c1-3-5-7-9-11-13-15-17-19-21-23-25-27-29-31-33-35-37-39-41-43-45-47-49-54(56)61-51-53(52-62-64(58,59)60)63-55(57)50-48-46-44-42-40-38-36-34-32-30-28-26-24-22-20-18-16-14-12-10-8-6-4-2/h22,24,53H,3-21,23,25-52H2,1-2H3,(H2,58,59,60)/b24-22-. The lowest BCUT2D eigenvalue weighted by molar-refractivity contribution is -0.161. The SMILES string of the molecule is CCCCCCCCCC/C=C\CCCCCCCCCCCCCC(=O)OC(COC(=O)CCCCCCCCCCCCCCCCCCCCCCCCC)COP(=O)(O)O. The van der Waals surface area contributed by atoms with E-state index in [0.29, 0.717) is 6.42 Å². The Balaban J connectivity index is 3.73. The van der Waals surface area contributed by atoms with Gasteiger partial charge in [-0.25, -0.2) is 4.57 Å². The van der Waals surface area contributed by atoms with Crippen LogP contribution < -0.4 is 0 Å². The summed E-state index contributed by atoms with van der Waals surface area (Å²) in [7, 11) is -4.76. The Kier molecular flexibility index (Phi) is 50.2. The zero-order valence-electron chi connectivity index (χ0n) is 42.5. The third-order valence-corrected chi connectivity index (χ3v) is 13.3. The molecule has 0 aromatic rings. The number of ether oxygens (including phenoxy) is 2. The average molecular weight is 927 g/mol. The molecule has 0 rings (SSSR count). The molecule has 0 aromatic heterocycles. The van der Waals surface area contributed by atoms with Crippen LogP contribution in [0.5, 0.6) is 0 Å². The highest BCUT2D eigenvalue weighted by atomic mass is 31.2. The third-order valence-electron chi connectivity index (χ3n) is 12.8. The number of phosphoric acid groups is 1. The third kappa shape index (κ3) is 53.4. The zero-order chi connectivity index (χ0) is 46.7. The van der Waals surface area contributed by atoms with E-state index in [1.165, 1.54) is 238 Å². The molecule has 9 heteroatoms. The molecule has 380 valence electrons. The minimum atomic E-state index is -4.76. The molecule has 0 aliphatic rings. The van der Waals surface area contributed by atoms with E-state index in [-0.39, 0.29) is 19.4 Å². The van der Waals surface area contributed by atoms with Crippen molar-refractivity contribution in [2.75, 3.05) is 13.2 Å². The van der Waals surface area contributed by atoms with E-state index >= 15 is 0 Å². The maximum atomic E-state index is 12.5. The average Bonchev–Trinajstić information content (AvgIpc) is 3.27. The maximum absolute atomic E-state index is 12.5. The molecular formula is C55H107O8P. The highest BCUT2D eigenvalue weighted by Gasteiger charge is 2.23. The van der Waals surface area contributed by atoms with E-state index in [9.17, 15) is 14.2 Å². The van der Waals surface area contributed by atoms with Crippen molar-refractivity contribution >= 4 is 19.8 Å². The quantitative estimate of drug-likeness (QED) is 0.0268. The number of carbonyl (C=O) groups excluding carboxylic acids is 2. The number of allylic oxidation sites excluding steroid dienone is 2. The molecule has 0 fully saturated rings. The van der Waals surface area contributed by atoms with Gasteiger partial charge >= 0.3 is 19.8 Å². The van der Waals surface area contributed by atoms with Crippen LogP contribution in [0, 0.1) is 0 Å². The molecule has 1 atom stereocenters. The first-order chi connectivity index (χ1) is 31.3. The fourth-order valence-electron chi connectivity index (χ4n) is 8.61. The molecule has 1 unspecified atom stereocenters. The molecule has 0 saturated carbocycles. The predicted octanol–water partition coefficient (Wildman–Crippen LogP) is 18.1. The summed E-state index contributed by atoms with van der Waals surface area (Å²) < 4.78 is 26.6. The monoisotopic (exact) mass is 927 g/mol. The highest BCUT2D eigenvalue weighted by Crippen LogP contribution is 2.36. The van der Waals surface area contributed by atoms with Crippen molar-refractivity contribution in [1.29, 1.82) is 0 Å². The van der Waals surface area contributed by atoms with Crippen LogP contribution in [0.15, 0.2) is 12.2 Å². The van der Waals surface area contributed by atoms with Gasteiger partial charge < -0.3 is 19.3 Å². The van der Waals surface area contributed by atoms with Crippen molar-refractivity contribution < 1.29 is 37.9 Å². The summed E-state index contributed by atoms with van der Waals surface area (Å²) in [5.41, 5.74) is 0. The van der Waals surface area contributed by atoms with Crippen LogP contribution in [0.2, 0.25) is 0 Å². The maximum Gasteiger partial charge on any atom is 0.469 e. The van der Waals surface area contributed by atoms with Crippen molar-refractivity contribution in [3.63, 3.8) is 0 Å². The van der Waals surface area contributed by atoms with E-state index in [2.05, 4.69) is 30.5 Å². The Hall–Kier alpha value is -1.21. The Bertz CT molecular complexity index is 1050. The summed E-state index contributed by atoms with van der Waals surface area (Å²) >= 11 is 0.